The van der Waals surface area contributed by atoms with E-state index in [1.165, 1.54) is 6.92 Å². The Balaban J connectivity index is 1.49. The van der Waals surface area contributed by atoms with Crippen LogP contribution in [-0.4, -0.2) is 10.9 Å². The fourth-order valence-corrected chi connectivity index (χ4v) is 3.59. The maximum Gasteiger partial charge on any atom is 0.234 e. The highest BCUT2D eigenvalue weighted by Crippen LogP contribution is 2.40. The minimum Gasteiger partial charge on any atom is -0.437 e. The first kappa shape index (κ1) is 18.0. The molecule has 1 unspecified atom stereocenters. The first-order valence-electron chi connectivity index (χ1n) is 9.58. The van der Waals surface area contributed by atoms with Crippen LogP contribution in [0.5, 0.6) is 0 Å². The predicted molar refractivity (Wildman–Crippen MR) is 115 cm³/mol. The van der Waals surface area contributed by atoms with Crippen molar-refractivity contribution < 1.29 is 9.21 Å². The normalized spacial score (nSPS) is 17.5. The number of para-hydroxylation sites is 2. The van der Waals surface area contributed by atoms with Gasteiger partial charge in [0.15, 0.2) is 5.58 Å². The number of azo groups is 1. The molecule has 1 aliphatic heterocycles. The fraction of sp³-hybridized carbons (Fsp3) is 0.0833. The van der Waals surface area contributed by atoms with E-state index < -0.39 is 5.54 Å². The minimum absolute atomic E-state index is 0.0876. The molecule has 5 rings (SSSR count). The van der Waals surface area contributed by atoms with Crippen molar-refractivity contribution in [3.8, 4) is 11.1 Å². The summed E-state index contributed by atoms with van der Waals surface area (Å²) >= 11 is 0. The molecule has 0 saturated carbocycles. The fourth-order valence-electron chi connectivity index (χ4n) is 3.59. The van der Waals surface area contributed by atoms with E-state index in [1.54, 1.807) is 6.20 Å². The van der Waals surface area contributed by atoms with Gasteiger partial charge in [-0.15, -0.1) is 0 Å². The van der Waals surface area contributed by atoms with Crippen molar-refractivity contribution in [3.63, 3.8) is 0 Å². The molecule has 1 aliphatic rings. The van der Waals surface area contributed by atoms with Gasteiger partial charge in [0.1, 0.15) is 5.52 Å². The molecule has 30 heavy (non-hydrogen) atoms. The first-order chi connectivity index (χ1) is 14.6. The summed E-state index contributed by atoms with van der Waals surface area (Å²) < 4.78 is 6.02. The lowest BCUT2D eigenvalue weighted by Crippen LogP contribution is -2.21. The summed E-state index contributed by atoms with van der Waals surface area (Å²) in [7, 11) is 0. The molecule has 6 heteroatoms. The quantitative estimate of drug-likeness (QED) is 0.484. The number of carbonyl (C=O) groups is 1. The van der Waals surface area contributed by atoms with Crippen LogP contribution >= 0.6 is 0 Å². The van der Waals surface area contributed by atoms with Crippen molar-refractivity contribution in [1.82, 2.24) is 4.98 Å². The van der Waals surface area contributed by atoms with Gasteiger partial charge in [0.25, 0.3) is 0 Å². The molecule has 3 aromatic carbocycles. The van der Waals surface area contributed by atoms with Gasteiger partial charge in [-0.05, 0) is 47.0 Å². The molecule has 0 aliphatic carbocycles. The van der Waals surface area contributed by atoms with Gasteiger partial charge in [0.2, 0.25) is 17.3 Å². The Labute approximate surface area is 173 Å². The number of benzene rings is 3. The lowest BCUT2D eigenvalue weighted by Gasteiger charge is -2.19. The number of hydrogen-bond acceptors (Lipinski definition) is 5. The van der Waals surface area contributed by atoms with Crippen molar-refractivity contribution in [2.75, 3.05) is 5.32 Å². The highest BCUT2D eigenvalue weighted by molar-refractivity contribution is 5.89. The van der Waals surface area contributed by atoms with Gasteiger partial charge in [-0.2, -0.15) is 10.2 Å². The number of rotatable bonds is 4. The molecule has 0 radical (unpaired) electrons. The van der Waals surface area contributed by atoms with Crippen LogP contribution in [0.3, 0.4) is 0 Å². The molecular weight excluding hydrogens is 376 g/mol. The van der Waals surface area contributed by atoms with Crippen LogP contribution in [0, 0.1) is 0 Å². The van der Waals surface area contributed by atoms with Gasteiger partial charge in [-0.1, -0.05) is 48.5 Å². The maximum absolute atomic E-state index is 11.2. The largest absolute Gasteiger partial charge is 0.437 e. The Hall–Kier alpha value is -4.06. The highest BCUT2D eigenvalue weighted by atomic mass is 16.4. The lowest BCUT2D eigenvalue weighted by molar-refractivity contribution is -0.114. The summed E-state index contributed by atoms with van der Waals surface area (Å²) in [5, 5.41) is 11.3. The molecular formula is C24H18N4O2. The summed E-state index contributed by atoms with van der Waals surface area (Å²) in [6.45, 7) is 1.49. The molecule has 1 N–H and O–H groups in total. The van der Waals surface area contributed by atoms with Gasteiger partial charge in [-0.3, -0.25) is 4.79 Å². The predicted octanol–water partition coefficient (Wildman–Crippen LogP) is 5.68. The average Bonchev–Trinajstić information content (AvgIpc) is 3.42. The van der Waals surface area contributed by atoms with Crippen LogP contribution in [0.1, 0.15) is 18.4 Å². The Kier molecular flexibility index (Phi) is 4.25. The molecule has 0 fully saturated rings. The summed E-state index contributed by atoms with van der Waals surface area (Å²) in [5.41, 5.74) is 4.44. The third-order valence-corrected chi connectivity index (χ3v) is 5.08. The minimum atomic E-state index is -0.868. The van der Waals surface area contributed by atoms with E-state index in [0.717, 1.165) is 33.5 Å². The maximum atomic E-state index is 11.2. The molecule has 4 aromatic rings. The number of oxazole rings is 1. The first-order valence-corrected chi connectivity index (χ1v) is 9.58. The average molecular weight is 394 g/mol. The molecule has 2 heterocycles. The van der Waals surface area contributed by atoms with Crippen molar-refractivity contribution in [2.45, 2.75) is 12.5 Å². The smallest absolute Gasteiger partial charge is 0.234 e. The monoisotopic (exact) mass is 394 g/mol. The molecule has 0 bridgehead atoms. The molecule has 0 saturated heterocycles. The van der Waals surface area contributed by atoms with Crippen LogP contribution in [0.2, 0.25) is 0 Å². The van der Waals surface area contributed by atoms with Gasteiger partial charge < -0.3 is 9.73 Å². The summed E-state index contributed by atoms with van der Waals surface area (Å²) in [4.78, 5) is 15.8. The van der Waals surface area contributed by atoms with Crippen LogP contribution in [0.4, 0.5) is 5.69 Å². The third-order valence-electron chi connectivity index (χ3n) is 5.08. The second kappa shape index (κ2) is 7.08. The van der Waals surface area contributed by atoms with E-state index >= 15 is 0 Å². The van der Waals surface area contributed by atoms with E-state index in [-0.39, 0.29) is 5.91 Å². The summed E-state index contributed by atoms with van der Waals surface area (Å²) in [6.07, 6.45) is 3.57. The van der Waals surface area contributed by atoms with Gasteiger partial charge in [0.05, 0.1) is 0 Å². The topological polar surface area (TPSA) is 79.9 Å². The third kappa shape index (κ3) is 3.08. The van der Waals surface area contributed by atoms with Gasteiger partial charge >= 0.3 is 0 Å². The van der Waals surface area contributed by atoms with Crippen molar-refractivity contribution in [1.29, 1.82) is 0 Å². The van der Waals surface area contributed by atoms with Crippen molar-refractivity contribution in [2.24, 2.45) is 10.2 Å². The van der Waals surface area contributed by atoms with E-state index in [9.17, 15) is 4.79 Å². The Morgan fingerprint density at radius 1 is 0.933 bits per heavy atom. The number of aromatic nitrogens is 1. The number of anilines is 1. The standard InChI is InChI=1S/C24H18N4O2/c1-16(29)26-20-12-8-18(9-13-20)17-6-10-19(11-7-17)24(14-15-25-28-24)23-27-21-4-2-3-5-22(21)30-23/h2-15H,1H3,(H,26,29). The van der Waals surface area contributed by atoms with E-state index in [2.05, 4.69) is 20.5 Å². The van der Waals surface area contributed by atoms with E-state index in [1.807, 2.05) is 78.9 Å². The van der Waals surface area contributed by atoms with Crippen molar-refractivity contribution >= 4 is 22.7 Å². The Morgan fingerprint density at radius 2 is 1.63 bits per heavy atom. The number of nitrogens with zero attached hydrogens (tertiary/aromatic N) is 3. The SMILES string of the molecule is CC(=O)Nc1ccc(-c2ccc(C3(c4nc5ccccc5o4)C=CN=N3)cc2)cc1. The van der Waals surface area contributed by atoms with Crippen molar-refractivity contribution in [3.05, 3.63) is 96.5 Å². The number of hydrogen-bond donors (Lipinski definition) is 1. The number of carbonyl (C=O) groups excluding carboxylic acids is 1. The van der Waals surface area contributed by atoms with E-state index in [4.69, 9.17) is 4.42 Å². The molecule has 146 valence electrons. The highest BCUT2D eigenvalue weighted by Gasteiger charge is 2.39. The second-order valence-corrected chi connectivity index (χ2v) is 7.12. The lowest BCUT2D eigenvalue weighted by atomic mass is 9.89. The zero-order valence-corrected chi connectivity index (χ0v) is 16.2. The zero-order valence-electron chi connectivity index (χ0n) is 16.2. The van der Waals surface area contributed by atoms with E-state index in [0.29, 0.717) is 5.89 Å². The van der Waals surface area contributed by atoms with Crippen LogP contribution in [0.15, 0.2) is 99.7 Å². The van der Waals surface area contributed by atoms with Gasteiger partial charge in [-0.25, -0.2) is 4.98 Å². The number of nitrogens with one attached hydrogen (secondary N) is 1. The number of amides is 1. The summed E-state index contributed by atoms with van der Waals surface area (Å²) in [5.74, 6) is 0.406. The van der Waals surface area contributed by atoms with Gasteiger partial charge in [0, 0.05) is 18.8 Å². The van der Waals surface area contributed by atoms with Crippen LogP contribution in [0.25, 0.3) is 22.2 Å². The summed E-state index contributed by atoms with van der Waals surface area (Å²) in [6, 6.07) is 23.5. The second-order valence-electron chi connectivity index (χ2n) is 7.12. The van der Waals surface area contributed by atoms with Crippen LogP contribution < -0.4 is 5.32 Å². The molecule has 1 aromatic heterocycles. The molecule has 6 nitrogen and oxygen atoms in total. The van der Waals surface area contributed by atoms with Crippen LogP contribution in [-0.2, 0) is 10.3 Å². The molecule has 1 atom stereocenters. The molecule has 1 amide bonds. The Morgan fingerprint density at radius 3 is 2.27 bits per heavy atom. The molecule has 0 spiro atoms. The Bertz CT molecular complexity index is 1240. The zero-order chi connectivity index (χ0) is 20.6. The number of fused-ring (bicyclic) bond motifs is 1.